The Bertz CT molecular complexity index is 344. The molecule has 2 rings (SSSR count). The third-order valence-electron chi connectivity index (χ3n) is 4.65. The maximum Gasteiger partial charge on any atom is 0.220 e. The Balaban J connectivity index is 1.71. The molecule has 0 spiro atoms. The first kappa shape index (κ1) is 16.8. The van der Waals surface area contributed by atoms with E-state index in [1.807, 2.05) is 0 Å². The summed E-state index contributed by atoms with van der Waals surface area (Å²) in [4.78, 5) is 12.1. The van der Waals surface area contributed by atoms with Crippen molar-refractivity contribution in [2.45, 2.75) is 70.9 Å². The number of nitrogens with one attached hydrogen (secondary N) is 2. The molecule has 2 aliphatic rings. The lowest BCUT2D eigenvalue weighted by Crippen LogP contribution is -2.58. The van der Waals surface area contributed by atoms with Crippen LogP contribution >= 0.6 is 0 Å². The summed E-state index contributed by atoms with van der Waals surface area (Å²) < 4.78 is 5.36. The Labute approximate surface area is 129 Å². The van der Waals surface area contributed by atoms with Gasteiger partial charge in [0.05, 0.1) is 0 Å². The Hall–Kier alpha value is -0.610. The average molecular weight is 296 g/mol. The molecule has 0 aliphatic carbocycles. The fourth-order valence-corrected chi connectivity index (χ4v) is 4.24. The number of ether oxygens (including phenoxy) is 1. The summed E-state index contributed by atoms with van der Waals surface area (Å²) >= 11 is 0. The molecular weight excluding hydrogens is 264 g/mol. The number of carbonyl (C=O) groups is 1. The topological polar surface area (TPSA) is 50.4 Å². The van der Waals surface area contributed by atoms with Gasteiger partial charge in [0.1, 0.15) is 0 Å². The number of amides is 1. The molecule has 2 saturated heterocycles. The molecule has 0 saturated carbocycles. The summed E-state index contributed by atoms with van der Waals surface area (Å²) in [5.74, 6) is 1.33. The summed E-state index contributed by atoms with van der Waals surface area (Å²) in [6.45, 7) is 11.5. The molecular formula is C17H32N2O2. The maximum atomic E-state index is 12.1. The van der Waals surface area contributed by atoms with Gasteiger partial charge in [-0.1, -0.05) is 0 Å². The van der Waals surface area contributed by atoms with E-state index in [-0.39, 0.29) is 17.0 Å². The third kappa shape index (κ3) is 5.59. The van der Waals surface area contributed by atoms with E-state index in [0.717, 1.165) is 45.4 Å². The lowest BCUT2D eigenvalue weighted by molar-refractivity contribution is -0.122. The quantitative estimate of drug-likeness (QED) is 0.819. The van der Waals surface area contributed by atoms with E-state index >= 15 is 0 Å². The van der Waals surface area contributed by atoms with Crippen LogP contribution in [0.25, 0.3) is 0 Å². The van der Waals surface area contributed by atoms with Gasteiger partial charge < -0.3 is 15.4 Å². The zero-order valence-electron chi connectivity index (χ0n) is 14.1. The molecule has 21 heavy (non-hydrogen) atoms. The standard InChI is InChI=1S/C17H32N2O2/c1-16(2)10-14(11-17(3,4)19-16)9-15(20)18-7-5-13-6-8-21-12-13/h13-14,19H,5-12H2,1-4H3,(H,18,20)/t13-/m1/s1. The highest BCUT2D eigenvalue weighted by Crippen LogP contribution is 2.34. The van der Waals surface area contributed by atoms with Crippen LogP contribution in [0, 0.1) is 11.8 Å². The summed E-state index contributed by atoms with van der Waals surface area (Å²) in [6.07, 6.45) is 5.00. The van der Waals surface area contributed by atoms with Crippen molar-refractivity contribution in [3.63, 3.8) is 0 Å². The minimum atomic E-state index is 0.119. The second-order valence-corrected chi connectivity index (χ2v) is 8.24. The first-order valence-electron chi connectivity index (χ1n) is 8.40. The van der Waals surface area contributed by atoms with Crippen LogP contribution in [0.1, 0.15) is 59.8 Å². The molecule has 0 radical (unpaired) electrons. The minimum absolute atomic E-state index is 0.119. The summed E-state index contributed by atoms with van der Waals surface area (Å²) in [5.41, 5.74) is 0.238. The Kier molecular flexibility index (Phi) is 5.31. The van der Waals surface area contributed by atoms with Crippen molar-refractivity contribution in [1.29, 1.82) is 0 Å². The molecule has 122 valence electrons. The summed E-state index contributed by atoms with van der Waals surface area (Å²) in [6, 6.07) is 0. The molecule has 1 amide bonds. The molecule has 2 heterocycles. The second kappa shape index (κ2) is 6.66. The van der Waals surface area contributed by atoms with E-state index < -0.39 is 0 Å². The molecule has 0 aromatic heterocycles. The van der Waals surface area contributed by atoms with Gasteiger partial charge in [-0.05, 0) is 65.2 Å². The lowest BCUT2D eigenvalue weighted by atomic mass is 9.74. The molecule has 2 aliphatic heterocycles. The Morgan fingerprint density at radius 3 is 2.43 bits per heavy atom. The van der Waals surface area contributed by atoms with Crippen molar-refractivity contribution < 1.29 is 9.53 Å². The van der Waals surface area contributed by atoms with Crippen molar-refractivity contribution >= 4 is 5.91 Å². The van der Waals surface area contributed by atoms with Gasteiger partial charge in [0.2, 0.25) is 5.91 Å². The van der Waals surface area contributed by atoms with Crippen molar-refractivity contribution in [3.8, 4) is 0 Å². The zero-order chi connectivity index (χ0) is 15.5. The molecule has 0 unspecified atom stereocenters. The molecule has 4 nitrogen and oxygen atoms in total. The van der Waals surface area contributed by atoms with Crippen LogP contribution in [-0.2, 0) is 9.53 Å². The van der Waals surface area contributed by atoms with Crippen molar-refractivity contribution in [1.82, 2.24) is 10.6 Å². The molecule has 4 heteroatoms. The number of hydrogen-bond acceptors (Lipinski definition) is 3. The van der Waals surface area contributed by atoms with Crippen molar-refractivity contribution in [2.75, 3.05) is 19.8 Å². The van der Waals surface area contributed by atoms with E-state index in [0.29, 0.717) is 18.3 Å². The van der Waals surface area contributed by atoms with Crippen molar-refractivity contribution in [3.05, 3.63) is 0 Å². The summed E-state index contributed by atoms with van der Waals surface area (Å²) in [7, 11) is 0. The Morgan fingerprint density at radius 2 is 1.86 bits per heavy atom. The average Bonchev–Trinajstić information content (AvgIpc) is 2.77. The highest BCUT2D eigenvalue weighted by atomic mass is 16.5. The van der Waals surface area contributed by atoms with Crippen LogP contribution in [-0.4, -0.2) is 36.7 Å². The van der Waals surface area contributed by atoms with Gasteiger partial charge in [-0.25, -0.2) is 0 Å². The molecule has 1 atom stereocenters. The molecule has 0 bridgehead atoms. The number of rotatable bonds is 5. The fourth-order valence-electron chi connectivity index (χ4n) is 4.24. The van der Waals surface area contributed by atoms with Gasteiger partial charge in [-0.2, -0.15) is 0 Å². The number of hydrogen-bond donors (Lipinski definition) is 2. The monoisotopic (exact) mass is 296 g/mol. The zero-order valence-corrected chi connectivity index (χ0v) is 14.1. The largest absolute Gasteiger partial charge is 0.381 e. The van der Waals surface area contributed by atoms with E-state index in [4.69, 9.17) is 4.74 Å². The first-order chi connectivity index (χ1) is 9.76. The maximum absolute atomic E-state index is 12.1. The number of carbonyl (C=O) groups excluding carboxylic acids is 1. The second-order valence-electron chi connectivity index (χ2n) is 8.24. The minimum Gasteiger partial charge on any atom is -0.381 e. The molecule has 0 aromatic carbocycles. The van der Waals surface area contributed by atoms with E-state index in [2.05, 4.69) is 38.3 Å². The van der Waals surface area contributed by atoms with Gasteiger partial charge in [-0.15, -0.1) is 0 Å². The van der Waals surface area contributed by atoms with Crippen LogP contribution in [0.2, 0.25) is 0 Å². The van der Waals surface area contributed by atoms with Crippen LogP contribution in [0.3, 0.4) is 0 Å². The van der Waals surface area contributed by atoms with E-state index in [1.165, 1.54) is 0 Å². The lowest BCUT2D eigenvalue weighted by Gasteiger charge is -2.46. The van der Waals surface area contributed by atoms with Gasteiger partial charge in [0.25, 0.3) is 0 Å². The summed E-state index contributed by atoms with van der Waals surface area (Å²) in [5, 5.41) is 6.77. The predicted molar refractivity (Wildman–Crippen MR) is 85.2 cm³/mol. The van der Waals surface area contributed by atoms with Gasteiger partial charge in [0, 0.05) is 37.3 Å². The highest BCUT2D eigenvalue weighted by Gasteiger charge is 2.38. The van der Waals surface area contributed by atoms with Crippen LogP contribution in [0.4, 0.5) is 0 Å². The van der Waals surface area contributed by atoms with Gasteiger partial charge >= 0.3 is 0 Å². The van der Waals surface area contributed by atoms with Gasteiger partial charge in [0.15, 0.2) is 0 Å². The van der Waals surface area contributed by atoms with E-state index in [1.54, 1.807) is 0 Å². The first-order valence-corrected chi connectivity index (χ1v) is 8.40. The van der Waals surface area contributed by atoms with Crippen molar-refractivity contribution in [2.24, 2.45) is 11.8 Å². The van der Waals surface area contributed by atoms with Crippen LogP contribution in [0.15, 0.2) is 0 Å². The molecule has 2 N–H and O–H groups in total. The molecule has 2 fully saturated rings. The van der Waals surface area contributed by atoms with E-state index in [9.17, 15) is 4.79 Å². The highest BCUT2D eigenvalue weighted by molar-refractivity contribution is 5.76. The smallest absolute Gasteiger partial charge is 0.220 e. The van der Waals surface area contributed by atoms with Gasteiger partial charge in [-0.3, -0.25) is 4.79 Å². The molecule has 0 aromatic rings. The SMILES string of the molecule is CC1(C)CC(CC(=O)NCC[C@@H]2CCOC2)CC(C)(C)N1. The normalized spacial score (nSPS) is 28.5. The van der Waals surface area contributed by atoms with Crippen LogP contribution < -0.4 is 10.6 Å². The Morgan fingerprint density at radius 1 is 1.19 bits per heavy atom. The fraction of sp³-hybridized carbons (Fsp3) is 0.941. The third-order valence-corrected chi connectivity index (χ3v) is 4.65. The number of piperidine rings is 1. The van der Waals surface area contributed by atoms with Crippen LogP contribution in [0.5, 0.6) is 0 Å². The predicted octanol–water partition coefficient (Wildman–Crippen LogP) is 2.48.